The minimum Gasteiger partial charge on any atom is -0.458 e. The van der Waals surface area contributed by atoms with E-state index in [1.165, 1.54) is 0 Å². The number of ether oxygens (including phenoxy) is 1. The van der Waals surface area contributed by atoms with Crippen molar-refractivity contribution in [1.82, 2.24) is 0 Å². The number of halogens is 3. The van der Waals surface area contributed by atoms with E-state index in [0.717, 1.165) is 6.42 Å². The summed E-state index contributed by atoms with van der Waals surface area (Å²) in [6, 6.07) is 0. The molecule has 4 fully saturated rings. The highest BCUT2D eigenvalue weighted by Crippen LogP contribution is 2.59. The molecule has 4 aliphatic rings. The van der Waals surface area contributed by atoms with Crippen LogP contribution in [0.3, 0.4) is 0 Å². The van der Waals surface area contributed by atoms with E-state index in [2.05, 4.69) is 9.37 Å². The van der Waals surface area contributed by atoms with Gasteiger partial charge in [0.15, 0.2) is 0 Å². The lowest BCUT2D eigenvalue weighted by atomic mass is 9.52. The first kappa shape index (κ1) is 18.2. The second-order valence-electron chi connectivity index (χ2n) is 7.51. The van der Waals surface area contributed by atoms with Gasteiger partial charge >= 0.3 is 12.1 Å². The standard InChI is InChI=1S/C14H19F3O6S/c1-11(14(15,16)17,24-23-22-20)10(18)21-13-5-8-2-9(6-13)4-12(19,3-8)7-13/h8-9,19-20H,2-7H2,1H3. The van der Waals surface area contributed by atoms with Gasteiger partial charge in [-0.2, -0.15) is 13.2 Å². The molecule has 24 heavy (non-hydrogen) atoms. The third kappa shape index (κ3) is 3.03. The minimum atomic E-state index is -4.98. The highest BCUT2D eigenvalue weighted by molar-refractivity contribution is 7.96. The second-order valence-corrected chi connectivity index (χ2v) is 8.63. The van der Waals surface area contributed by atoms with Crippen molar-refractivity contribution in [1.29, 1.82) is 0 Å². The Balaban J connectivity index is 1.80. The third-order valence-electron chi connectivity index (χ3n) is 5.45. The van der Waals surface area contributed by atoms with Crippen molar-refractivity contribution in [2.75, 3.05) is 0 Å². The van der Waals surface area contributed by atoms with Crippen LogP contribution in [0.25, 0.3) is 0 Å². The lowest BCUT2D eigenvalue weighted by Gasteiger charge is -2.59. The zero-order chi connectivity index (χ0) is 17.8. The average Bonchev–Trinajstić information content (AvgIpc) is 2.39. The van der Waals surface area contributed by atoms with E-state index in [1.807, 2.05) is 0 Å². The van der Waals surface area contributed by atoms with Gasteiger partial charge in [-0.05, 0) is 50.9 Å². The van der Waals surface area contributed by atoms with E-state index in [0.29, 0.717) is 32.6 Å². The molecule has 0 aromatic rings. The summed E-state index contributed by atoms with van der Waals surface area (Å²) in [7, 11) is 0. The number of hydrogen-bond donors (Lipinski definition) is 2. The Labute approximate surface area is 140 Å². The van der Waals surface area contributed by atoms with Gasteiger partial charge in [-0.3, -0.25) is 4.79 Å². The van der Waals surface area contributed by atoms with E-state index in [4.69, 9.17) is 9.99 Å². The molecule has 138 valence electrons. The van der Waals surface area contributed by atoms with E-state index >= 15 is 0 Å². The SMILES string of the molecule is CC(SOOO)(C(=O)OC12CC3CC(CC(O)(C3)C1)C2)C(F)(F)F. The van der Waals surface area contributed by atoms with Gasteiger partial charge < -0.3 is 9.84 Å². The summed E-state index contributed by atoms with van der Waals surface area (Å²) in [5.74, 6) is -1.20. The van der Waals surface area contributed by atoms with Gasteiger partial charge in [0.2, 0.25) is 4.75 Å². The fraction of sp³-hybridized carbons (Fsp3) is 0.929. The Kier molecular flexibility index (Phi) is 4.36. The van der Waals surface area contributed by atoms with Gasteiger partial charge in [0.25, 0.3) is 0 Å². The van der Waals surface area contributed by atoms with Crippen LogP contribution >= 0.6 is 12.0 Å². The van der Waals surface area contributed by atoms with E-state index in [-0.39, 0.29) is 30.3 Å². The molecular formula is C14H19F3O6S. The molecule has 0 amide bonds. The number of carbonyl (C=O) groups is 1. The molecule has 3 atom stereocenters. The van der Waals surface area contributed by atoms with Gasteiger partial charge in [0.05, 0.1) is 17.6 Å². The molecule has 0 saturated heterocycles. The van der Waals surface area contributed by atoms with Crippen molar-refractivity contribution in [2.45, 2.75) is 67.6 Å². The van der Waals surface area contributed by atoms with Crippen LogP contribution in [0.4, 0.5) is 13.2 Å². The van der Waals surface area contributed by atoms with Crippen molar-refractivity contribution in [3.63, 3.8) is 0 Å². The van der Waals surface area contributed by atoms with Gasteiger partial charge in [-0.15, -0.1) is 4.33 Å². The number of carbonyl (C=O) groups excluding carboxylic acids is 1. The first-order chi connectivity index (χ1) is 11.0. The lowest BCUT2D eigenvalue weighted by molar-refractivity contribution is -0.433. The monoisotopic (exact) mass is 372 g/mol. The van der Waals surface area contributed by atoms with Crippen LogP contribution in [0.15, 0.2) is 0 Å². The Morgan fingerprint density at radius 1 is 1.21 bits per heavy atom. The highest BCUT2D eigenvalue weighted by atomic mass is 32.2. The van der Waals surface area contributed by atoms with Gasteiger partial charge in [-0.1, -0.05) is 5.04 Å². The number of esters is 1. The molecule has 6 nitrogen and oxygen atoms in total. The summed E-state index contributed by atoms with van der Waals surface area (Å²) in [6.07, 6.45) is -1.76. The second kappa shape index (κ2) is 5.73. The first-order valence-corrected chi connectivity index (χ1v) is 8.44. The average molecular weight is 372 g/mol. The lowest BCUT2D eigenvalue weighted by Crippen LogP contribution is -2.62. The van der Waals surface area contributed by atoms with E-state index in [1.54, 1.807) is 0 Å². The van der Waals surface area contributed by atoms with Gasteiger partial charge in [0.1, 0.15) is 5.60 Å². The van der Waals surface area contributed by atoms with Crippen LogP contribution in [0, 0.1) is 11.8 Å². The summed E-state index contributed by atoms with van der Waals surface area (Å²) in [5.41, 5.74) is -2.03. The third-order valence-corrected chi connectivity index (χ3v) is 6.31. The molecule has 4 saturated carbocycles. The highest BCUT2D eigenvalue weighted by Gasteiger charge is 2.64. The fourth-order valence-electron chi connectivity index (χ4n) is 4.82. The van der Waals surface area contributed by atoms with Crippen LogP contribution in [0.1, 0.15) is 45.4 Å². The molecular weight excluding hydrogens is 353 g/mol. The molecule has 0 radical (unpaired) electrons. The van der Waals surface area contributed by atoms with Crippen molar-refractivity contribution in [3.05, 3.63) is 0 Å². The summed E-state index contributed by atoms with van der Waals surface area (Å²) in [6.45, 7) is 0.605. The van der Waals surface area contributed by atoms with E-state index < -0.39 is 28.1 Å². The Hall–Kier alpha value is -0.550. The molecule has 2 N–H and O–H groups in total. The summed E-state index contributed by atoms with van der Waals surface area (Å²) >= 11 is -0.368. The van der Waals surface area contributed by atoms with Crippen LogP contribution in [0.5, 0.6) is 0 Å². The van der Waals surface area contributed by atoms with E-state index in [9.17, 15) is 23.1 Å². The molecule has 10 heteroatoms. The summed E-state index contributed by atoms with van der Waals surface area (Å²) in [4.78, 5) is 12.3. The van der Waals surface area contributed by atoms with Gasteiger partial charge in [-0.25, -0.2) is 5.26 Å². The molecule has 0 spiro atoms. The Morgan fingerprint density at radius 3 is 2.25 bits per heavy atom. The molecule has 0 aliphatic heterocycles. The Bertz CT molecular complexity index is 513. The van der Waals surface area contributed by atoms with Crippen molar-refractivity contribution >= 4 is 18.0 Å². The minimum absolute atomic E-state index is 0.158. The quantitative estimate of drug-likeness (QED) is 0.332. The number of rotatable bonds is 5. The predicted molar refractivity (Wildman–Crippen MR) is 75.3 cm³/mol. The zero-order valence-electron chi connectivity index (χ0n) is 13.0. The molecule has 3 unspecified atom stereocenters. The molecule has 4 aliphatic carbocycles. The fourth-order valence-corrected chi connectivity index (χ4v) is 5.20. The molecule has 4 rings (SSSR count). The Morgan fingerprint density at radius 2 is 1.79 bits per heavy atom. The molecule has 4 bridgehead atoms. The maximum absolute atomic E-state index is 13.3. The maximum Gasteiger partial charge on any atom is 0.415 e. The zero-order valence-corrected chi connectivity index (χ0v) is 13.8. The molecule has 0 heterocycles. The molecule has 0 aromatic heterocycles. The number of alkyl halides is 3. The number of hydrogen-bond acceptors (Lipinski definition) is 7. The van der Waals surface area contributed by atoms with Crippen molar-refractivity contribution in [2.24, 2.45) is 11.8 Å². The summed E-state index contributed by atoms with van der Waals surface area (Å²) < 4.78 is 46.2. The van der Waals surface area contributed by atoms with Crippen LogP contribution in [-0.4, -0.2) is 38.5 Å². The smallest absolute Gasteiger partial charge is 0.415 e. The van der Waals surface area contributed by atoms with Crippen LogP contribution < -0.4 is 0 Å². The van der Waals surface area contributed by atoms with Crippen LogP contribution in [0.2, 0.25) is 0 Å². The first-order valence-electron chi connectivity index (χ1n) is 7.69. The largest absolute Gasteiger partial charge is 0.458 e. The maximum atomic E-state index is 13.3. The normalized spacial score (nSPS) is 40.4. The summed E-state index contributed by atoms with van der Waals surface area (Å²) in [5, 5.41) is 21.9. The topological polar surface area (TPSA) is 85.2 Å². The van der Waals surface area contributed by atoms with Crippen molar-refractivity contribution < 1.29 is 42.4 Å². The predicted octanol–water partition coefficient (Wildman–Crippen LogP) is 3.00. The van der Waals surface area contributed by atoms with Crippen LogP contribution in [-0.2, 0) is 18.9 Å². The number of aliphatic hydroxyl groups is 1. The molecule has 0 aromatic carbocycles. The van der Waals surface area contributed by atoms with Crippen molar-refractivity contribution in [3.8, 4) is 0 Å². The van der Waals surface area contributed by atoms with Gasteiger partial charge in [0, 0.05) is 6.42 Å².